The highest BCUT2D eigenvalue weighted by atomic mass is 32.1. The summed E-state index contributed by atoms with van der Waals surface area (Å²) in [5.41, 5.74) is 6.17. The summed E-state index contributed by atoms with van der Waals surface area (Å²) in [5, 5.41) is 4.56. The fourth-order valence-electron chi connectivity index (χ4n) is 2.91. The van der Waals surface area contributed by atoms with Gasteiger partial charge in [-0.25, -0.2) is 0 Å². The van der Waals surface area contributed by atoms with Crippen molar-refractivity contribution < 1.29 is 19.1 Å². The van der Waals surface area contributed by atoms with E-state index in [1.807, 2.05) is 42.5 Å². The van der Waals surface area contributed by atoms with Gasteiger partial charge in [-0.05, 0) is 52.8 Å². The van der Waals surface area contributed by atoms with E-state index in [0.717, 1.165) is 16.3 Å². The smallest absolute Gasteiger partial charge is 0.269 e. The third-order valence-electron chi connectivity index (χ3n) is 4.41. The molecule has 0 aliphatic rings. The first-order chi connectivity index (χ1) is 15.0. The first kappa shape index (κ1) is 21.8. The van der Waals surface area contributed by atoms with Crippen LogP contribution in [0.15, 0.2) is 66.7 Å². The molecule has 0 saturated heterocycles. The Morgan fingerprint density at radius 3 is 2.42 bits per heavy atom. The van der Waals surface area contributed by atoms with Crippen LogP contribution in [0, 0.1) is 0 Å². The quantitative estimate of drug-likeness (QED) is 0.324. The van der Waals surface area contributed by atoms with Crippen LogP contribution in [0.25, 0.3) is 16.8 Å². The van der Waals surface area contributed by atoms with E-state index >= 15 is 0 Å². The number of fused-ring (bicyclic) bond motifs is 1. The van der Waals surface area contributed by atoms with E-state index in [2.05, 4.69) is 16.2 Å². The molecule has 2 amide bonds. The molecule has 7 nitrogen and oxygen atoms in total. The molecule has 3 aromatic rings. The third kappa shape index (κ3) is 5.58. The van der Waals surface area contributed by atoms with Crippen LogP contribution in [-0.2, 0) is 4.79 Å². The molecule has 0 bridgehead atoms. The van der Waals surface area contributed by atoms with E-state index in [4.69, 9.17) is 21.7 Å². The van der Waals surface area contributed by atoms with Gasteiger partial charge in [0.15, 0.2) is 16.6 Å². The zero-order valence-electron chi connectivity index (χ0n) is 17.0. The summed E-state index contributed by atoms with van der Waals surface area (Å²) in [5.74, 6) is 0.0482. The van der Waals surface area contributed by atoms with Gasteiger partial charge in [-0.3, -0.25) is 25.8 Å². The molecule has 0 unspecified atom stereocenters. The van der Waals surface area contributed by atoms with Crippen molar-refractivity contribution >= 4 is 46.0 Å². The normalized spacial score (nSPS) is 10.5. The van der Waals surface area contributed by atoms with E-state index < -0.39 is 11.8 Å². The number of carbonyl (C=O) groups is 2. The van der Waals surface area contributed by atoms with Gasteiger partial charge >= 0.3 is 0 Å². The van der Waals surface area contributed by atoms with E-state index in [9.17, 15) is 9.59 Å². The van der Waals surface area contributed by atoms with E-state index in [1.54, 1.807) is 18.2 Å². The maximum atomic E-state index is 12.3. The van der Waals surface area contributed by atoms with Crippen molar-refractivity contribution in [1.29, 1.82) is 0 Å². The topological polar surface area (TPSA) is 88.7 Å². The minimum absolute atomic E-state index is 0.0404. The molecule has 31 heavy (non-hydrogen) atoms. The SMILES string of the molecule is COc1ccc(C(=O)NNC(=S)NC(=O)C=Cc2cccc3ccccc23)cc1OC. The number of hydrazine groups is 1. The van der Waals surface area contributed by atoms with Gasteiger partial charge in [0.05, 0.1) is 14.2 Å². The predicted molar refractivity (Wildman–Crippen MR) is 124 cm³/mol. The van der Waals surface area contributed by atoms with Crippen molar-refractivity contribution in [2.24, 2.45) is 0 Å². The Bertz CT molecular complexity index is 1160. The van der Waals surface area contributed by atoms with Crippen LogP contribution in [0.2, 0.25) is 0 Å². The number of nitrogens with one attached hydrogen (secondary N) is 3. The first-order valence-electron chi connectivity index (χ1n) is 9.31. The highest BCUT2D eigenvalue weighted by Gasteiger charge is 2.11. The first-order valence-corrected chi connectivity index (χ1v) is 9.72. The van der Waals surface area contributed by atoms with Crippen LogP contribution in [-0.4, -0.2) is 31.1 Å². The Kier molecular flexibility index (Phi) is 7.18. The monoisotopic (exact) mass is 435 g/mol. The Morgan fingerprint density at radius 2 is 1.65 bits per heavy atom. The molecule has 3 N–H and O–H groups in total. The van der Waals surface area contributed by atoms with Gasteiger partial charge in [0, 0.05) is 11.6 Å². The van der Waals surface area contributed by atoms with Gasteiger partial charge in [-0.1, -0.05) is 42.5 Å². The number of amides is 2. The van der Waals surface area contributed by atoms with Crippen molar-refractivity contribution in [3.63, 3.8) is 0 Å². The van der Waals surface area contributed by atoms with Gasteiger partial charge < -0.3 is 9.47 Å². The average Bonchev–Trinajstić information content (AvgIpc) is 2.80. The molecular formula is C23H21N3O4S. The lowest BCUT2D eigenvalue weighted by Gasteiger charge is -2.12. The summed E-state index contributed by atoms with van der Waals surface area (Å²) in [6, 6.07) is 18.5. The minimum Gasteiger partial charge on any atom is -0.493 e. The van der Waals surface area contributed by atoms with Crippen LogP contribution in [0.5, 0.6) is 11.5 Å². The number of ether oxygens (including phenoxy) is 2. The number of hydrogen-bond donors (Lipinski definition) is 3. The van der Waals surface area contributed by atoms with Crippen molar-refractivity contribution in [1.82, 2.24) is 16.2 Å². The molecule has 0 atom stereocenters. The van der Waals surface area contributed by atoms with Crippen molar-refractivity contribution in [2.75, 3.05) is 14.2 Å². The van der Waals surface area contributed by atoms with Crippen molar-refractivity contribution in [2.45, 2.75) is 0 Å². The molecule has 158 valence electrons. The van der Waals surface area contributed by atoms with Gasteiger partial charge in [0.1, 0.15) is 0 Å². The molecule has 8 heteroatoms. The van der Waals surface area contributed by atoms with Crippen LogP contribution in [0.3, 0.4) is 0 Å². The highest BCUT2D eigenvalue weighted by Crippen LogP contribution is 2.27. The molecule has 0 heterocycles. The molecule has 0 aliphatic carbocycles. The minimum atomic E-state index is -0.455. The Labute approximate surface area is 185 Å². The second-order valence-electron chi connectivity index (χ2n) is 6.37. The van der Waals surface area contributed by atoms with Gasteiger partial charge in [-0.2, -0.15) is 0 Å². The summed E-state index contributed by atoms with van der Waals surface area (Å²) >= 11 is 5.06. The molecule has 3 rings (SSSR count). The number of methoxy groups -OCH3 is 2. The standard InChI is InChI=1S/C23H21N3O4S/c1-29-19-12-10-17(14-20(19)30-2)22(28)25-26-23(31)24-21(27)13-11-16-8-5-7-15-6-3-4-9-18(15)16/h3-14H,1-2H3,(H,25,28)(H2,24,26,27,31). The summed E-state index contributed by atoms with van der Waals surface area (Å²) < 4.78 is 10.3. The number of carbonyl (C=O) groups excluding carboxylic acids is 2. The van der Waals surface area contributed by atoms with Crippen LogP contribution in [0.4, 0.5) is 0 Å². The lowest BCUT2D eigenvalue weighted by molar-refractivity contribution is -0.115. The number of benzene rings is 3. The molecule has 0 aromatic heterocycles. The molecule has 0 aliphatic heterocycles. The Hall–Kier alpha value is -3.91. The van der Waals surface area contributed by atoms with E-state index in [-0.39, 0.29) is 5.11 Å². The maximum Gasteiger partial charge on any atom is 0.269 e. The number of rotatable bonds is 5. The third-order valence-corrected chi connectivity index (χ3v) is 4.61. The van der Waals surface area contributed by atoms with Crippen LogP contribution >= 0.6 is 12.2 Å². The fourth-order valence-corrected chi connectivity index (χ4v) is 3.06. The summed E-state index contributed by atoms with van der Waals surface area (Å²) in [6.07, 6.45) is 3.09. The molecule has 0 spiro atoms. The molecule has 3 aromatic carbocycles. The summed E-state index contributed by atoms with van der Waals surface area (Å²) in [7, 11) is 2.99. The molecule has 0 fully saturated rings. The number of hydrogen-bond acceptors (Lipinski definition) is 5. The largest absolute Gasteiger partial charge is 0.493 e. The lowest BCUT2D eigenvalue weighted by atomic mass is 10.0. The molecular weight excluding hydrogens is 414 g/mol. The van der Waals surface area contributed by atoms with Crippen molar-refractivity contribution in [3.05, 3.63) is 77.9 Å². The zero-order valence-corrected chi connectivity index (χ0v) is 17.8. The number of thiocarbonyl (C=S) groups is 1. The second-order valence-corrected chi connectivity index (χ2v) is 6.78. The zero-order chi connectivity index (χ0) is 22.2. The highest BCUT2D eigenvalue weighted by molar-refractivity contribution is 7.80. The van der Waals surface area contributed by atoms with E-state index in [1.165, 1.54) is 26.4 Å². The Morgan fingerprint density at radius 1 is 0.903 bits per heavy atom. The van der Waals surface area contributed by atoms with Gasteiger partial charge in [0.25, 0.3) is 5.91 Å². The summed E-state index contributed by atoms with van der Waals surface area (Å²) in [4.78, 5) is 24.4. The summed E-state index contributed by atoms with van der Waals surface area (Å²) in [6.45, 7) is 0. The second kappa shape index (κ2) is 10.2. The van der Waals surface area contributed by atoms with Crippen LogP contribution < -0.4 is 25.6 Å². The van der Waals surface area contributed by atoms with Gasteiger partial charge in [-0.15, -0.1) is 0 Å². The fraction of sp³-hybridized carbons (Fsp3) is 0.0870. The predicted octanol–water partition coefficient (Wildman–Crippen LogP) is 3.21. The van der Waals surface area contributed by atoms with Crippen molar-refractivity contribution in [3.8, 4) is 11.5 Å². The van der Waals surface area contributed by atoms with E-state index in [0.29, 0.717) is 17.1 Å². The maximum absolute atomic E-state index is 12.3. The van der Waals surface area contributed by atoms with Crippen LogP contribution in [0.1, 0.15) is 15.9 Å². The molecule has 0 saturated carbocycles. The average molecular weight is 436 g/mol. The Balaban J connectivity index is 1.55. The lowest BCUT2D eigenvalue weighted by Crippen LogP contribution is -2.48. The van der Waals surface area contributed by atoms with Gasteiger partial charge in [0.2, 0.25) is 5.91 Å². The molecule has 0 radical (unpaired) electrons.